The van der Waals surface area contributed by atoms with Crippen molar-refractivity contribution in [3.8, 4) is 11.1 Å². The summed E-state index contributed by atoms with van der Waals surface area (Å²) in [6.07, 6.45) is 7.62. The minimum Gasteiger partial charge on any atom is -0.383 e. The van der Waals surface area contributed by atoms with Crippen molar-refractivity contribution in [3.05, 3.63) is 84.6 Å². The molecule has 0 spiro atoms. The van der Waals surface area contributed by atoms with Gasteiger partial charge in [-0.15, -0.1) is 0 Å². The highest BCUT2D eigenvalue weighted by Gasteiger charge is 2.11. The Balaban J connectivity index is 2.48. The molecule has 2 aromatic carbocycles. The lowest BCUT2D eigenvalue weighted by atomic mass is 9.90. The van der Waals surface area contributed by atoms with E-state index < -0.39 is 0 Å². The van der Waals surface area contributed by atoms with Crippen LogP contribution in [-0.4, -0.2) is 19.0 Å². The van der Waals surface area contributed by atoms with Gasteiger partial charge in [-0.2, -0.15) is 0 Å². The summed E-state index contributed by atoms with van der Waals surface area (Å²) in [5.74, 6) is 0.661. The molecule has 0 fully saturated rings. The Morgan fingerprint density at radius 2 is 1.50 bits per heavy atom. The molecule has 0 aliphatic rings. The summed E-state index contributed by atoms with van der Waals surface area (Å²) >= 11 is 0. The molecule has 0 radical (unpaired) electrons. The normalized spacial score (nSPS) is 12.0. The van der Waals surface area contributed by atoms with Crippen LogP contribution in [0.2, 0.25) is 0 Å². The molecule has 0 aliphatic carbocycles. The Morgan fingerprint density at radius 1 is 0.962 bits per heavy atom. The van der Waals surface area contributed by atoms with Crippen LogP contribution in [0, 0.1) is 5.92 Å². The molecule has 0 unspecified atom stereocenters. The number of hydrogen-bond donors (Lipinski definition) is 0. The predicted molar refractivity (Wildman–Crippen MR) is 117 cm³/mol. The van der Waals surface area contributed by atoms with Crippen LogP contribution >= 0.6 is 0 Å². The summed E-state index contributed by atoms with van der Waals surface area (Å²) in [6.45, 7) is 11.0. The highest BCUT2D eigenvalue weighted by atomic mass is 15.0. The molecule has 0 atom stereocenters. The predicted octanol–water partition coefficient (Wildman–Crippen LogP) is 6.89. The van der Waals surface area contributed by atoms with E-state index in [4.69, 9.17) is 0 Å². The molecule has 1 nitrogen and oxygen atoms in total. The fraction of sp³-hybridized carbons (Fsp3) is 0.280. The molecule has 0 N–H and O–H groups in total. The van der Waals surface area contributed by atoms with Crippen molar-refractivity contribution in [1.29, 1.82) is 0 Å². The van der Waals surface area contributed by atoms with Crippen LogP contribution < -0.4 is 0 Å². The molecule has 0 bridgehead atoms. The van der Waals surface area contributed by atoms with Crippen LogP contribution in [0.3, 0.4) is 0 Å². The van der Waals surface area contributed by atoms with Crippen molar-refractivity contribution in [3.63, 3.8) is 0 Å². The van der Waals surface area contributed by atoms with Crippen LogP contribution in [0.5, 0.6) is 0 Å². The first-order valence-corrected chi connectivity index (χ1v) is 9.29. The van der Waals surface area contributed by atoms with E-state index in [1.165, 1.54) is 27.8 Å². The van der Waals surface area contributed by atoms with Gasteiger partial charge in [0.1, 0.15) is 0 Å². The van der Waals surface area contributed by atoms with Crippen LogP contribution in [0.25, 0.3) is 22.3 Å². The van der Waals surface area contributed by atoms with Gasteiger partial charge in [-0.25, -0.2) is 0 Å². The van der Waals surface area contributed by atoms with Gasteiger partial charge < -0.3 is 4.90 Å². The molecule has 0 amide bonds. The molecule has 1 heteroatoms. The zero-order valence-electron chi connectivity index (χ0n) is 16.8. The minimum atomic E-state index is 0.661. The fourth-order valence-corrected chi connectivity index (χ4v) is 3.09. The van der Waals surface area contributed by atoms with Crippen molar-refractivity contribution < 1.29 is 0 Å². The minimum absolute atomic E-state index is 0.661. The summed E-state index contributed by atoms with van der Waals surface area (Å²) in [7, 11) is 4.11. The average molecular weight is 346 g/mol. The second-order valence-electron chi connectivity index (χ2n) is 7.42. The number of rotatable bonds is 7. The summed E-state index contributed by atoms with van der Waals surface area (Å²) in [5, 5.41) is 0. The van der Waals surface area contributed by atoms with Gasteiger partial charge in [-0.3, -0.25) is 0 Å². The number of benzene rings is 2. The molecule has 2 aromatic rings. The Hall–Kier alpha value is -2.54. The standard InChI is InChI=1S/C25H31N/c1-19(2)12-11-13-20(3)22-14-7-9-16-24(22)25-17-10-8-15-23(25)21(4)18-26(5)6/h7-11,13-19H,3,12H2,1-2,4-6H3/b13-11-,21-18+. The Kier molecular flexibility index (Phi) is 7.03. The van der Waals surface area contributed by atoms with Crippen LogP contribution in [-0.2, 0) is 0 Å². The fourth-order valence-electron chi connectivity index (χ4n) is 3.09. The zero-order chi connectivity index (χ0) is 19.1. The van der Waals surface area contributed by atoms with E-state index in [0.29, 0.717) is 5.92 Å². The van der Waals surface area contributed by atoms with Crippen LogP contribution in [0.1, 0.15) is 38.3 Å². The lowest BCUT2D eigenvalue weighted by molar-refractivity contribution is 0.565. The highest BCUT2D eigenvalue weighted by Crippen LogP contribution is 2.34. The third-order valence-electron chi connectivity index (χ3n) is 4.29. The SMILES string of the molecule is C=C(/C=C\CC(C)C)c1ccccc1-c1ccccc1/C(C)=C/N(C)C. The largest absolute Gasteiger partial charge is 0.383 e. The van der Waals surface area contributed by atoms with E-state index in [1.807, 2.05) is 0 Å². The first-order valence-electron chi connectivity index (χ1n) is 9.29. The van der Waals surface area contributed by atoms with Gasteiger partial charge in [-0.1, -0.05) is 81.1 Å². The molecular formula is C25H31N. The van der Waals surface area contributed by atoms with Crippen molar-refractivity contribution in [2.24, 2.45) is 5.92 Å². The Morgan fingerprint density at radius 3 is 2.08 bits per heavy atom. The van der Waals surface area contributed by atoms with Gasteiger partial charge >= 0.3 is 0 Å². The second kappa shape index (κ2) is 9.24. The van der Waals surface area contributed by atoms with Crippen molar-refractivity contribution in [1.82, 2.24) is 4.90 Å². The molecule has 2 rings (SSSR count). The topological polar surface area (TPSA) is 3.24 Å². The lowest BCUT2D eigenvalue weighted by Crippen LogP contribution is -2.02. The summed E-state index contributed by atoms with van der Waals surface area (Å²) in [4.78, 5) is 2.09. The Labute approximate surface area is 159 Å². The molecule has 0 aromatic heterocycles. The monoisotopic (exact) mass is 345 g/mol. The van der Waals surface area contributed by atoms with E-state index in [2.05, 4.69) is 113 Å². The average Bonchev–Trinajstić information content (AvgIpc) is 2.60. The molecule has 0 aliphatic heterocycles. The van der Waals surface area contributed by atoms with E-state index in [0.717, 1.165) is 12.0 Å². The first kappa shape index (κ1) is 19.8. The van der Waals surface area contributed by atoms with Crippen LogP contribution in [0.15, 0.2) is 73.5 Å². The first-order chi connectivity index (χ1) is 12.4. The second-order valence-corrected chi connectivity index (χ2v) is 7.42. The van der Waals surface area contributed by atoms with Crippen LogP contribution in [0.4, 0.5) is 0 Å². The van der Waals surface area contributed by atoms with E-state index in [9.17, 15) is 0 Å². The summed E-state index contributed by atoms with van der Waals surface area (Å²) < 4.78 is 0. The quantitative estimate of drug-likeness (QED) is 0.494. The molecular weight excluding hydrogens is 314 g/mol. The van der Waals surface area contributed by atoms with E-state index in [-0.39, 0.29) is 0 Å². The smallest absolute Gasteiger partial charge is 0.00557 e. The number of nitrogens with zero attached hydrogens (tertiary/aromatic N) is 1. The number of hydrogen-bond acceptors (Lipinski definition) is 1. The molecule has 26 heavy (non-hydrogen) atoms. The van der Waals surface area contributed by atoms with Gasteiger partial charge in [0, 0.05) is 20.3 Å². The number of allylic oxidation sites excluding steroid dienone is 4. The van der Waals surface area contributed by atoms with E-state index >= 15 is 0 Å². The maximum Gasteiger partial charge on any atom is 0.00557 e. The van der Waals surface area contributed by atoms with Gasteiger partial charge in [0.25, 0.3) is 0 Å². The lowest BCUT2D eigenvalue weighted by Gasteiger charge is -2.16. The van der Waals surface area contributed by atoms with Gasteiger partial charge in [-0.05, 0) is 52.7 Å². The maximum absolute atomic E-state index is 4.32. The summed E-state index contributed by atoms with van der Waals surface area (Å²) in [6, 6.07) is 17.2. The van der Waals surface area contributed by atoms with E-state index in [1.54, 1.807) is 0 Å². The third kappa shape index (κ3) is 5.23. The molecule has 0 saturated heterocycles. The Bertz CT molecular complexity index is 806. The van der Waals surface area contributed by atoms with Gasteiger partial charge in [0.2, 0.25) is 0 Å². The maximum atomic E-state index is 4.32. The third-order valence-corrected chi connectivity index (χ3v) is 4.29. The van der Waals surface area contributed by atoms with Gasteiger partial charge in [0.05, 0.1) is 0 Å². The van der Waals surface area contributed by atoms with Gasteiger partial charge in [0.15, 0.2) is 0 Å². The van der Waals surface area contributed by atoms with Crippen molar-refractivity contribution in [2.75, 3.05) is 14.1 Å². The summed E-state index contributed by atoms with van der Waals surface area (Å²) in [5.41, 5.74) is 7.24. The van der Waals surface area contributed by atoms with Crippen molar-refractivity contribution in [2.45, 2.75) is 27.2 Å². The molecule has 0 saturated carbocycles. The van der Waals surface area contributed by atoms with Crippen molar-refractivity contribution >= 4 is 11.1 Å². The zero-order valence-corrected chi connectivity index (χ0v) is 16.8. The highest BCUT2D eigenvalue weighted by molar-refractivity contribution is 5.89. The molecule has 0 heterocycles. The molecule has 136 valence electrons.